The molecule has 0 unspecified atom stereocenters. The lowest BCUT2D eigenvalue weighted by Crippen LogP contribution is -2.26. The first-order valence-electron chi connectivity index (χ1n) is 8.70. The summed E-state index contributed by atoms with van der Waals surface area (Å²) in [7, 11) is 1.58. The fourth-order valence-electron chi connectivity index (χ4n) is 2.60. The van der Waals surface area contributed by atoms with Gasteiger partial charge >= 0.3 is 0 Å². The molecule has 0 aliphatic carbocycles. The molecular formula is C21H20N4O3. The Hall–Kier alpha value is -3.74. The molecule has 2 N–H and O–H groups in total. The van der Waals surface area contributed by atoms with Crippen LogP contribution in [0.2, 0.25) is 0 Å². The van der Waals surface area contributed by atoms with Gasteiger partial charge in [-0.05, 0) is 35.9 Å². The normalized spacial score (nSPS) is 10.2. The van der Waals surface area contributed by atoms with E-state index in [1.807, 2.05) is 36.4 Å². The van der Waals surface area contributed by atoms with Crippen LogP contribution in [0.1, 0.15) is 32.0 Å². The monoisotopic (exact) mass is 376 g/mol. The predicted molar refractivity (Wildman–Crippen MR) is 104 cm³/mol. The quantitative estimate of drug-likeness (QED) is 0.660. The van der Waals surface area contributed by atoms with E-state index in [1.165, 1.54) is 12.3 Å². The van der Waals surface area contributed by atoms with Gasteiger partial charge in [0.1, 0.15) is 11.4 Å². The van der Waals surface area contributed by atoms with E-state index < -0.39 is 0 Å². The molecule has 0 aliphatic heterocycles. The van der Waals surface area contributed by atoms with E-state index in [2.05, 4.69) is 20.6 Å². The number of aromatic nitrogens is 2. The van der Waals surface area contributed by atoms with Crippen LogP contribution >= 0.6 is 0 Å². The fraction of sp³-hybridized carbons (Fsp3) is 0.143. The summed E-state index contributed by atoms with van der Waals surface area (Å²) in [5.74, 6) is 0.0568. The molecule has 7 heteroatoms. The maximum Gasteiger partial charge on any atom is 0.270 e. The number of carbonyl (C=O) groups excluding carboxylic acids is 2. The zero-order valence-corrected chi connectivity index (χ0v) is 15.4. The van der Waals surface area contributed by atoms with Crippen molar-refractivity contribution in [1.82, 2.24) is 20.6 Å². The molecule has 0 atom stereocenters. The van der Waals surface area contributed by atoms with Crippen LogP contribution in [0.15, 0.2) is 67.1 Å². The molecule has 3 aromatic rings. The summed E-state index contributed by atoms with van der Waals surface area (Å²) >= 11 is 0. The van der Waals surface area contributed by atoms with Gasteiger partial charge in [0.15, 0.2) is 0 Å². The Morgan fingerprint density at radius 1 is 0.929 bits per heavy atom. The third-order valence-electron chi connectivity index (χ3n) is 4.09. The third kappa shape index (κ3) is 4.91. The van der Waals surface area contributed by atoms with Crippen LogP contribution in [0, 0.1) is 0 Å². The number of amides is 2. The topological polar surface area (TPSA) is 93.2 Å². The Balaban J connectivity index is 1.61. The number of rotatable bonds is 7. The second kappa shape index (κ2) is 9.27. The minimum Gasteiger partial charge on any atom is -0.496 e. The number of nitrogens with zero attached hydrogens (tertiary/aromatic N) is 2. The van der Waals surface area contributed by atoms with E-state index in [-0.39, 0.29) is 17.5 Å². The Morgan fingerprint density at radius 2 is 1.68 bits per heavy atom. The molecule has 7 nitrogen and oxygen atoms in total. The maximum absolute atomic E-state index is 12.5. The van der Waals surface area contributed by atoms with Crippen molar-refractivity contribution in [2.24, 2.45) is 0 Å². The van der Waals surface area contributed by atoms with Crippen molar-refractivity contribution in [2.45, 2.75) is 13.1 Å². The smallest absolute Gasteiger partial charge is 0.270 e. The summed E-state index contributed by atoms with van der Waals surface area (Å²) in [6, 6.07) is 14.1. The van der Waals surface area contributed by atoms with Gasteiger partial charge in [0.25, 0.3) is 11.8 Å². The highest BCUT2D eigenvalue weighted by molar-refractivity contribution is 5.98. The van der Waals surface area contributed by atoms with Crippen molar-refractivity contribution in [3.63, 3.8) is 0 Å². The first-order valence-corrected chi connectivity index (χ1v) is 8.70. The molecule has 3 rings (SSSR count). The average Bonchev–Trinajstić information content (AvgIpc) is 2.76. The van der Waals surface area contributed by atoms with Gasteiger partial charge in [0, 0.05) is 42.8 Å². The van der Waals surface area contributed by atoms with Gasteiger partial charge in [0.05, 0.1) is 7.11 Å². The minimum absolute atomic E-state index is 0.180. The lowest BCUT2D eigenvalue weighted by molar-refractivity contribution is 0.0946. The van der Waals surface area contributed by atoms with E-state index in [1.54, 1.807) is 25.6 Å². The second-order valence-electron chi connectivity index (χ2n) is 5.96. The second-order valence-corrected chi connectivity index (χ2v) is 5.96. The van der Waals surface area contributed by atoms with Crippen LogP contribution in [-0.4, -0.2) is 28.9 Å². The summed E-state index contributed by atoms with van der Waals surface area (Å²) in [6.45, 7) is 0.669. The van der Waals surface area contributed by atoms with Crippen LogP contribution in [0.3, 0.4) is 0 Å². The van der Waals surface area contributed by atoms with Gasteiger partial charge in [0.2, 0.25) is 0 Å². The largest absolute Gasteiger partial charge is 0.496 e. The molecule has 0 fully saturated rings. The van der Waals surface area contributed by atoms with Crippen molar-refractivity contribution >= 4 is 11.8 Å². The van der Waals surface area contributed by atoms with Gasteiger partial charge in [-0.2, -0.15) is 0 Å². The Labute approximate surface area is 162 Å². The van der Waals surface area contributed by atoms with E-state index >= 15 is 0 Å². The lowest BCUT2D eigenvalue weighted by Gasteiger charge is -2.10. The number of benzene rings is 1. The van der Waals surface area contributed by atoms with Gasteiger partial charge in [-0.15, -0.1) is 0 Å². The van der Waals surface area contributed by atoms with Crippen molar-refractivity contribution in [2.75, 3.05) is 7.11 Å². The van der Waals surface area contributed by atoms with Crippen molar-refractivity contribution in [3.8, 4) is 5.75 Å². The summed E-state index contributed by atoms with van der Waals surface area (Å²) < 4.78 is 5.28. The van der Waals surface area contributed by atoms with Crippen molar-refractivity contribution in [3.05, 3.63) is 89.5 Å². The van der Waals surface area contributed by atoms with Gasteiger partial charge < -0.3 is 15.4 Å². The molecule has 142 valence electrons. The molecule has 0 aliphatic rings. The van der Waals surface area contributed by atoms with E-state index in [0.717, 1.165) is 11.1 Å². The number of methoxy groups -OCH3 is 1. The van der Waals surface area contributed by atoms with Crippen LogP contribution in [0.4, 0.5) is 0 Å². The van der Waals surface area contributed by atoms with Crippen LogP contribution in [0.5, 0.6) is 5.75 Å². The molecule has 2 amide bonds. The SMILES string of the molecule is COc1ccccc1CNC(=O)c1ccnc(C(=O)NCc2ccncc2)c1. The summed E-state index contributed by atoms with van der Waals surface area (Å²) in [6.07, 6.45) is 4.76. The van der Waals surface area contributed by atoms with Crippen LogP contribution in [0.25, 0.3) is 0 Å². The molecule has 2 aromatic heterocycles. The highest BCUT2D eigenvalue weighted by Crippen LogP contribution is 2.17. The zero-order valence-electron chi connectivity index (χ0n) is 15.4. The Morgan fingerprint density at radius 3 is 2.46 bits per heavy atom. The Kier molecular flexibility index (Phi) is 6.30. The first-order chi connectivity index (χ1) is 13.7. The predicted octanol–water partition coefficient (Wildman–Crippen LogP) is 2.35. The molecule has 28 heavy (non-hydrogen) atoms. The molecule has 0 saturated heterocycles. The molecule has 0 spiro atoms. The fourth-order valence-corrected chi connectivity index (χ4v) is 2.60. The number of ether oxygens (including phenoxy) is 1. The lowest BCUT2D eigenvalue weighted by atomic mass is 10.1. The molecule has 2 heterocycles. The molecular weight excluding hydrogens is 356 g/mol. The number of pyridine rings is 2. The van der Waals surface area contributed by atoms with Crippen molar-refractivity contribution in [1.29, 1.82) is 0 Å². The summed E-state index contributed by atoms with van der Waals surface area (Å²) in [5.41, 5.74) is 2.33. The number of hydrogen-bond donors (Lipinski definition) is 2. The van der Waals surface area contributed by atoms with Gasteiger partial charge in [-0.3, -0.25) is 19.6 Å². The molecule has 0 saturated carbocycles. The average molecular weight is 376 g/mol. The molecule has 0 bridgehead atoms. The standard InChI is InChI=1S/C21H20N4O3/c1-28-19-5-3-2-4-17(19)14-25-20(26)16-8-11-23-18(12-16)21(27)24-13-15-6-9-22-10-7-15/h2-12H,13-14H2,1H3,(H,24,27)(H,25,26). The molecule has 1 aromatic carbocycles. The third-order valence-corrected chi connectivity index (χ3v) is 4.09. The summed E-state index contributed by atoms with van der Waals surface area (Å²) in [4.78, 5) is 32.8. The van der Waals surface area contributed by atoms with E-state index in [4.69, 9.17) is 4.74 Å². The zero-order chi connectivity index (χ0) is 19.8. The maximum atomic E-state index is 12.5. The minimum atomic E-state index is -0.351. The first kappa shape index (κ1) is 19.0. The van der Waals surface area contributed by atoms with Crippen LogP contribution in [-0.2, 0) is 13.1 Å². The number of hydrogen-bond acceptors (Lipinski definition) is 5. The highest BCUT2D eigenvalue weighted by Gasteiger charge is 2.12. The summed E-state index contributed by atoms with van der Waals surface area (Å²) in [5, 5.41) is 5.61. The molecule has 0 radical (unpaired) electrons. The van der Waals surface area contributed by atoms with Gasteiger partial charge in [-0.1, -0.05) is 18.2 Å². The Bertz CT molecular complexity index is 961. The van der Waals surface area contributed by atoms with E-state index in [0.29, 0.717) is 24.4 Å². The highest BCUT2D eigenvalue weighted by atomic mass is 16.5. The van der Waals surface area contributed by atoms with Crippen molar-refractivity contribution < 1.29 is 14.3 Å². The van der Waals surface area contributed by atoms with Gasteiger partial charge in [-0.25, -0.2) is 0 Å². The van der Waals surface area contributed by atoms with E-state index in [9.17, 15) is 9.59 Å². The number of nitrogens with one attached hydrogen (secondary N) is 2. The number of carbonyl (C=O) groups is 2. The van der Waals surface area contributed by atoms with Crippen LogP contribution < -0.4 is 15.4 Å². The number of para-hydroxylation sites is 1.